The Labute approximate surface area is 234 Å². The number of hydrogen-bond acceptors (Lipinski definition) is 7. The second-order valence-corrected chi connectivity index (χ2v) is 15.5. The van der Waals surface area contributed by atoms with Crippen molar-refractivity contribution in [1.29, 1.82) is 0 Å². The van der Waals surface area contributed by atoms with E-state index in [1.54, 1.807) is 0 Å². The molecule has 8 unspecified atom stereocenters. The molecule has 7 nitrogen and oxygen atoms in total. The molecule has 39 heavy (non-hydrogen) atoms. The highest BCUT2D eigenvalue weighted by Gasteiger charge is 2.77. The van der Waals surface area contributed by atoms with E-state index in [-0.39, 0.29) is 64.4 Å². The normalized spacial score (nSPS) is 55.4. The Morgan fingerprint density at radius 3 is 2.21 bits per heavy atom. The zero-order valence-electron chi connectivity index (χ0n) is 25.2. The van der Waals surface area contributed by atoms with Crippen molar-refractivity contribution in [3.05, 3.63) is 0 Å². The van der Waals surface area contributed by atoms with Gasteiger partial charge in [0.1, 0.15) is 17.8 Å². The summed E-state index contributed by atoms with van der Waals surface area (Å²) in [6.45, 7) is 16.1. The van der Waals surface area contributed by atoms with Crippen LogP contribution >= 0.6 is 0 Å². The molecule has 13 atom stereocenters. The van der Waals surface area contributed by atoms with Crippen molar-refractivity contribution in [2.75, 3.05) is 0 Å². The van der Waals surface area contributed by atoms with E-state index in [2.05, 4.69) is 34.6 Å². The Morgan fingerprint density at radius 2 is 1.59 bits per heavy atom. The highest BCUT2D eigenvalue weighted by molar-refractivity contribution is 5.66. The molecule has 4 aliphatic carbocycles. The first kappa shape index (κ1) is 28.0. The van der Waals surface area contributed by atoms with Crippen LogP contribution in [-0.2, 0) is 28.5 Å². The number of ether oxygens (including phenoxy) is 4. The van der Waals surface area contributed by atoms with Gasteiger partial charge in [-0.25, -0.2) is 0 Å². The topological polar surface area (TPSA) is 91.3 Å². The summed E-state index contributed by atoms with van der Waals surface area (Å²) >= 11 is 0. The fraction of sp³-hybridized carbons (Fsp3) is 0.938. The lowest BCUT2D eigenvalue weighted by Crippen LogP contribution is -2.63. The molecule has 2 heterocycles. The molecule has 7 heteroatoms. The van der Waals surface area contributed by atoms with Gasteiger partial charge in [0.15, 0.2) is 5.79 Å². The molecule has 0 bridgehead atoms. The summed E-state index contributed by atoms with van der Waals surface area (Å²) in [6.07, 6.45) is 6.96. The first-order valence-electron chi connectivity index (χ1n) is 15.5. The van der Waals surface area contributed by atoms with Crippen molar-refractivity contribution in [2.24, 2.45) is 46.3 Å². The smallest absolute Gasteiger partial charge is 0.302 e. The van der Waals surface area contributed by atoms with Crippen LogP contribution < -0.4 is 0 Å². The van der Waals surface area contributed by atoms with E-state index in [4.69, 9.17) is 18.9 Å². The van der Waals surface area contributed by atoms with Crippen LogP contribution in [0.25, 0.3) is 0 Å². The van der Waals surface area contributed by atoms with Gasteiger partial charge in [-0.3, -0.25) is 9.59 Å². The van der Waals surface area contributed by atoms with E-state index in [0.717, 1.165) is 44.9 Å². The monoisotopic (exact) mass is 546 g/mol. The third-order valence-electron chi connectivity index (χ3n) is 13.1. The van der Waals surface area contributed by atoms with E-state index >= 15 is 0 Å². The second-order valence-electron chi connectivity index (χ2n) is 15.5. The molecule has 6 fully saturated rings. The van der Waals surface area contributed by atoms with Gasteiger partial charge in [0.2, 0.25) is 0 Å². The molecule has 0 aromatic carbocycles. The van der Waals surface area contributed by atoms with Crippen LogP contribution in [0.4, 0.5) is 0 Å². The molecule has 4 saturated carbocycles. The van der Waals surface area contributed by atoms with E-state index in [1.807, 2.05) is 6.92 Å². The molecule has 1 N–H and O–H groups in total. The highest BCUT2D eigenvalue weighted by Crippen LogP contribution is 2.73. The predicted molar refractivity (Wildman–Crippen MR) is 144 cm³/mol. The lowest BCUT2D eigenvalue weighted by molar-refractivity contribution is -0.300. The molecule has 2 aliphatic heterocycles. The molecule has 6 aliphatic rings. The van der Waals surface area contributed by atoms with E-state index in [0.29, 0.717) is 24.2 Å². The van der Waals surface area contributed by atoms with Crippen molar-refractivity contribution < 1.29 is 33.6 Å². The van der Waals surface area contributed by atoms with Crippen molar-refractivity contribution in [3.63, 3.8) is 0 Å². The van der Waals surface area contributed by atoms with E-state index in [1.165, 1.54) is 13.8 Å². The summed E-state index contributed by atoms with van der Waals surface area (Å²) in [5.41, 5.74) is -1.70. The summed E-state index contributed by atoms with van der Waals surface area (Å²) in [5.74, 6) is 0.267. The number of rotatable bonds is 2. The van der Waals surface area contributed by atoms with Gasteiger partial charge in [-0.15, -0.1) is 0 Å². The number of carbonyl (C=O) groups excluding carboxylic acids is 2. The molecule has 2 saturated heterocycles. The molecule has 1 spiro atoms. The first-order valence-corrected chi connectivity index (χ1v) is 15.5. The molecule has 0 aromatic heterocycles. The van der Waals surface area contributed by atoms with E-state index < -0.39 is 11.4 Å². The maximum Gasteiger partial charge on any atom is 0.302 e. The number of hydrogen-bond donors (Lipinski definition) is 1. The number of fused-ring (bicyclic) bond motifs is 7. The number of carbonyl (C=O) groups is 2. The van der Waals surface area contributed by atoms with Gasteiger partial charge in [-0.05, 0) is 100 Å². The van der Waals surface area contributed by atoms with Gasteiger partial charge < -0.3 is 24.1 Å². The van der Waals surface area contributed by atoms with Crippen molar-refractivity contribution in [3.8, 4) is 0 Å². The Hall–Kier alpha value is -1.18. The third-order valence-corrected chi connectivity index (χ3v) is 13.1. The molecule has 0 aromatic rings. The van der Waals surface area contributed by atoms with Crippen LogP contribution in [0.1, 0.15) is 107 Å². The van der Waals surface area contributed by atoms with Crippen LogP contribution in [0.2, 0.25) is 0 Å². The van der Waals surface area contributed by atoms with Crippen LogP contribution in [0.15, 0.2) is 0 Å². The maximum atomic E-state index is 12.5. The summed E-state index contributed by atoms with van der Waals surface area (Å²) in [4.78, 5) is 24.2. The minimum Gasteiger partial charge on any atom is -0.463 e. The predicted octanol–water partition coefficient (Wildman–Crippen LogP) is 5.41. The van der Waals surface area contributed by atoms with Gasteiger partial charge in [-0.1, -0.05) is 20.8 Å². The molecule has 0 radical (unpaired) electrons. The minimum atomic E-state index is -1.14. The Balaban J connectivity index is 1.33. The number of esters is 2. The average Bonchev–Trinajstić information content (AvgIpc) is 3.30. The Kier molecular flexibility index (Phi) is 6.22. The molecule has 220 valence electrons. The van der Waals surface area contributed by atoms with Crippen molar-refractivity contribution in [2.45, 2.75) is 142 Å². The maximum absolute atomic E-state index is 12.5. The quantitative estimate of drug-likeness (QED) is 0.463. The molecule has 0 amide bonds. The van der Waals surface area contributed by atoms with Crippen LogP contribution in [0.3, 0.4) is 0 Å². The van der Waals surface area contributed by atoms with Crippen LogP contribution in [0, 0.1) is 46.3 Å². The second kappa shape index (κ2) is 8.67. The van der Waals surface area contributed by atoms with Gasteiger partial charge in [0, 0.05) is 32.1 Å². The molecular formula is C32H50O7. The highest BCUT2D eigenvalue weighted by atomic mass is 16.7. The third kappa shape index (κ3) is 3.84. The van der Waals surface area contributed by atoms with Crippen LogP contribution in [0.5, 0.6) is 0 Å². The summed E-state index contributed by atoms with van der Waals surface area (Å²) in [6, 6.07) is 0. The Bertz CT molecular complexity index is 1040. The SMILES string of the molecule is CC(=O)OC1C[C@@]2(C)C(C[C@@H]3OC4(C[C@H](C)C(C)(C)O4)C(C)(O)C32)C2CCC3C[C@H](OC(C)=O)CC[C@]3(C)C12. The fourth-order valence-electron chi connectivity index (χ4n) is 11.3. The molecule has 6 rings (SSSR count). The zero-order valence-corrected chi connectivity index (χ0v) is 25.2. The van der Waals surface area contributed by atoms with E-state index in [9.17, 15) is 14.7 Å². The summed E-state index contributed by atoms with van der Waals surface area (Å²) in [5, 5.41) is 12.4. The van der Waals surface area contributed by atoms with Crippen LogP contribution in [-0.4, -0.2) is 52.3 Å². The minimum absolute atomic E-state index is 0.0123. The first-order chi connectivity index (χ1) is 18.0. The molecular weight excluding hydrogens is 496 g/mol. The van der Waals surface area contributed by atoms with Crippen molar-refractivity contribution in [1.82, 2.24) is 0 Å². The standard InChI is InChI=1S/C32H50O7/c1-17-15-32(39-28(17,4)5)31(8,35)27-24(38-32)14-23-22-10-9-20-13-21(36-18(2)33)11-12-29(20,6)26(22)25(37-19(3)34)16-30(23,27)7/h17,20-27,35H,9-16H2,1-8H3/t17-,20?,21+,22?,23?,24-,25?,26?,27?,29-,30-,31?,32?/m0/s1. The largest absolute Gasteiger partial charge is 0.463 e. The summed E-state index contributed by atoms with van der Waals surface area (Å²) < 4.78 is 25.4. The van der Waals surface area contributed by atoms with Crippen molar-refractivity contribution >= 4 is 11.9 Å². The fourth-order valence-corrected chi connectivity index (χ4v) is 11.3. The lowest BCUT2D eigenvalue weighted by atomic mass is 9.43. The lowest BCUT2D eigenvalue weighted by Gasteiger charge is -2.63. The van der Waals surface area contributed by atoms with Gasteiger partial charge in [0.05, 0.1) is 11.7 Å². The Morgan fingerprint density at radius 1 is 0.897 bits per heavy atom. The average molecular weight is 547 g/mol. The summed E-state index contributed by atoms with van der Waals surface area (Å²) in [7, 11) is 0. The van der Waals surface area contributed by atoms with Gasteiger partial charge >= 0.3 is 11.9 Å². The zero-order chi connectivity index (χ0) is 28.3. The van der Waals surface area contributed by atoms with Gasteiger partial charge in [-0.2, -0.15) is 0 Å². The number of aliphatic hydroxyl groups is 1. The van der Waals surface area contributed by atoms with Gasteiger partial charge in [0.25, 0.3) is 0 Å².